The van der Waals surface area contributed by atoms with Crippen molar-refractivity contribution in [1.82, 2.24) is 4.90 Å². The van der Waals surface area contributed by atoms with E-state index in [9.17, 15) is 14.7 Å². The number of nitrogens with zero attached hydrogens (tertiary/aromatic N) is 1. The normalized spacial score (nSPS) is 24.7. The molecule has 2 atom stereocenters. The van der Waals surface area contributed by atoms with Crippen LogP contribution in [0.1, 0.15) is 50.5 Å². The van der Waals surface area contributed by atoms with Crippen LogP contribution in [0.3, 0.4) is 0 Å². The van der Waals surface area contributed by atoms with E-state index in [2.05, 4.69) is 0 Å². The maximum Gasteiger partial charge on any atom is 0.410 e. The molecule has 1 saturated heterocycles. The lowest BCUT2D eigenvalue weighted by atomic mass is 9.75. The van der Waals surface area contributed by atoms with Gasteiger partial charge in [0, 0.05) is 6.54 Å². The fourth-order valence-electron chi connectivity index (χ4n) is 4.25. The SMILES string of the molecule is O=C(O)C1CCC(C2CCCCC2)CN1C(=O)OCc1ccccc1. The van der Waals surface area contributed by atoms with Crippen molar-refractivity contribution in [2.24, 2.45) is 11.8 Å². The van der Waals surface area contributed by atoms with E-state index in [0.717, 1.165) is 12.0 Å². The summed E-state index contributed by atoms with van der Waals surface area (Å²) in [5.74, 6) is 0.0897. The number of carboxylic acids is 1. The lowest BCUT2D eigenvalue weighted by molar-refractivity contribution is -0.144. The van der Waals surface area contributed by atoms with Crippen molar-refractivity contribution in [2.45, 2.75) is 57.6 Å². The number of carboxylic acid groups (broad SMARTS) is 1. The summed E-state index contributed by atoms with van der Waals surface area (Å²) in [6.07, 6.45) is 7.12. The van der Waals surface area contributed by atoms with Gasteiger partial charge >= 0.3 is 12.1 Å². The molecule has 1 heterocycles. The Kier molecular flexibility index (Phi) is 5.95. The number of hydrogen-bond donors (Lipinski definition) is 1. The van der Waals surface area contributed by atoms with Crippen LogP contribution < -0.4 is 0 Å². The summed E-state index contributed by atoms with van der Waals surface area (Å²) in [5, 5.41) is 9.49. The Morgan fingerprint density at radius 2 is 1.72 bits per heavy atom. The van der Waals surface area contributed by atoms with Crippen LogP contribution in [0, 0.1) is 11.8 Å². The van der Waals surface area contributed by atoms with E-state index in [4.69, 9.17) is 4.74 Å². The number of carbonyl (C=O) groups is 2. The second kappa shape index (κ2) is 8.37. The van der Waals surface area contributed by atoms with Gasteiger partial charge in [0.05, 0.1) is 0 Å². The highest BCUT2D eigenvalue weighted by atomic mass is 16.6. The van der Waals surface area contributed by atoms with Gasteiger partial charge < -0.3 is 9.84 Å². The van der Waals surface area contributed by atoms with Crippen molar-refractivity contribution in [1.29, 1.82) is 0 Å². The second-order valence-corrected chi connectivity index (χ2v) is 7.28. The van der Waals surface area contributed by atoms with Gasteiger partial charge in [-0.15, -0.1) is 0 Å². The Bertz CT molecular complexity index is 583. The predicted octanol–water partition coefficient (Wildman–Crippen LogP) is 4.07. The zero-order chi connectivity index (χ0) is 17.6. The molecule has 0 bridgehead atoms. The molecule has 5 nitrogen and oxygen atoms in total. The Morgan fingerprint density at radius 1 is 1.00 bits per heavy atom. The smallest absolute Gasteiger partial charge is 0.410 e. The molecule has 136 valence electrons. The summed E-state index contributed by atoms with van der Waals surface area (Å²) in [6, 6.07) is 8.71. The Balaban J connectivity index is 1.63. The van der Waals surface area contributed by atoms with Crippen LogP contribution in [-0.4, -0.2) is 34.7 Å². The highest BCUT2D eigenvalue weighted by Gasteiger charge is 2.39. The number of amides is 1. The van der Waals surface area contributed by atoms with Crippen molar-refractivity contribution < 1.29 is 19.4 Å². The standard InChI is InChI=1S/C20H27NO4/c22-19(23)18-12-11-17(16-9-5-2-6-10-16)13-21(18)20(24)25-14-15-7-3-1-4-8-15/h1,3-4,7-8,16-18H,2,5-6,9-14H2,(H,22,23). The second-order valence-electron chi connectivity index (χ2n) is 7.28. The molecule has 1 aromatic carbocycles. The van der Waals surface area contributed by atoms with Crippen molar-refractivity contribution in [3.05, 3.63) is 35.9 Å². The summed E-state index contributed by atoms with van der Waals surface area (Å²) in [7, 11) is 0. The van der Waals surface area contributed by atoms with E-state index in [-0.39, 0.29) is 6.61 Å². The molecular weight excluding hydrogens is 318 g/mol. The van der Waals surface area contributed by atoms with Gasteiger partial charge in [0.2, 0.25) is 0 Å². The number of benzene rings is 1. The first kappa shape index (κ1) is 17.8. The highest BCUT2D eigenvalue weighted by Crippen LogP contribution is 2.36. The number of piperidine rings is 1. The summed E-state index contributed by atoms with van der Waals surface area (Å²) in [4.78, 5) is 25.6. The van der Waals surface area contributed by atoms with Gasteiger partial charge in [-0.05, 0) is 30.2 Å². The molecule has 0 spiro atoms. The Morgan fingerprint density at radius 3 is 2.40 bits per heavy atom. The average Bonchev–Trinajstić information content (AvgIpc) is 2.67. The monoisotopic (exact) mass is 345 g/mol. The molecule has 25 heavy (non-hydrogen) atoms. The Labute approximate surface area is 149 Å². The first-order valence-electron chi connectivity index (χ1n) is 9.35. The third-order valence-corrected chi connectivity index (χ3v) is 5.66. The molecule has 0 aromatic heterocycles. The molecular formula is C20H27NO4. The maximum absolute atomic E-state index is 12.6. The lowest BCUT2D eigenvalue weighted by Gasteiger charge is -2.41. The van der Waals surface area contributed by atoms with Crippen molar-refractivity contribution in [3.8, 4) is 0 Å². The van der Waals surface area contributed by atoms with Gasteiger partial charge in [0.25, 0.3) is 0 Å². The van der Waals surface area contributed by atoms with Crippen LogP contribution in [-0.2, 0) is 16.1 Å². The molecule has 1 saturated carbocycles. The first-order chi connectivity index (χ1) is 12.1. The minimum Gasteiger partial charge on any atom is -0.480 e. The number of likely N-dealkylation sites (tertiary alicyclic amines) is 1. The van der Waals surface area contributed by atoms with Crippen LogP contribution in [0.2, 0.25) is 0 Å². The van der Waals surface area contributed by atoms with Gasteiger partial charge in [-0.1, -0.05) is 62.4 Å². The third-order valence-electron chi connectivity index (χ3n) is 5.66. The number of carbonyl (C=O) groups excluding carboxylic acids is 1. The Hall–Kier alpha value is -2.04. The molecule has 1 aromatic rings. The lowest BCUT2D eigenvalue weighted by Crippen LogP contribution is -2.52. The summed E-state index contributed by atoms with van der Waals surface area (Å²) in [6.45, 7) is 0.686. The van der Waals surface area contributed by atoms with E-state index in [1.807, 2.05) is 30.3 Å². The molecule has 3 rings (SSSR count). The molecule has 5 heteroatoms. The number of ether oxygens (including phenoxy) is 1. The molecule has 1 amide bonds. The highest BCUT2D eigenvalue weighted by molar-refractivity contribution is 5.80. The van der Waals surface area contributed by atoms with Crippen LogP contribution >= 0.6 is 0 Å². The van der Waals surface area contributed by atoms with Gasteiger partial charge in [-0.2, -0.15) is 0 Å². The number of rotatable bonds is 4. The summed E-state index contributed by atoms with van der Waals surface area (Å²) >= 11 is 0. The van der Waals surface area contributed by atoms with Gasteiger partial charge in [-0.3, -0.25) is 4.90 Å². The van der Waals surface area contributed by atoms with Crippen LogP contribution in [0.25, 0.3) is 0 Å². The van der Waals surface area contributed by atoms with E-state index < -0.39 is 18.1 Å². The van der Waals surface area contributed by atoms with Crippen LogP contribution in [0.5, 0.6) is 0 Å². The summed E-state index contributed by atoms with van der Waals surface area (Å²) in [5.41, 5.74) is 0.906. The van der Waals surface area contributed by atoms with Crippen molar-refractivity contribution in [2.75, 3.05) is 6.54 Å². The van der Waals surface area contributed by atoms with E-state index in [1.54, 1.807) is 0 Å². The minimum atomic E-state index is -0.932. The van der Waals surface area contributed by atoms with Gasteiger partial charge in [-0.25, -0.2) is 9.59 Å². The molecule has 1 N–H and O–H groups in total. The van der Waals surface area contributed by atoms with Crippen LogP contribution in [0.15, 0.2) is 30.3 Å². The fourth-order valence-corrected chi connectivity index (χ4v) is 4.25. The minimum absolute atomic E-state index is 0.177. The van der Waals surface area contributed by atoms with Crippen molar-refractivity contribution >= 4 is 12.1 Å². The summed E-state index contributed by atoms with van der Waals surface area (Å²) < 4.78 is 5.41. The predicted molar refractivity (Wildman–Crippen MR) is 94.1 cm³/mol. The number of aliphatic carboxylic acids is 1. The van der Waals surface area contributed by atoms with Gasteiger partial charge in [0.15, 0.2) is 0 Å². The zero-order valence-electron chi connectivity index (χ0n) is 14.6. The topological polar surface area (TPSA) is 66.8 Å². The van der Waals surface area contributed by atoms with Crippen LogP contribution in [0.4, 0.5) is 4.79 Å². The largest absolute Gasteiger partial charge is 0.480 e. The molecule has 2 unspecified atom stereocenters. The van der Waals surface area contributed by atoms with E-state index in [0.29, 0.717) is 24.8 Å². The first-order valence-corrected chi connectivity index (χ1v) is 9.35. The molecule has 1 aliphatic heterocycles. The molecule has 2 aliphatic rings. The molecule has 2 fully saturated rings. The number of hydrogen-bond acceptors (Lipinski definition) is 3. The fraction of sp³-hybridized carbons (Fsp3) is 0.600. The van der Waals surface area contributed by atoms with E-state index >= 15 is 0 Å². The quantitative estimate of drug-likeness (QED) is 0.893. The molecule has 1 aliphatic carbocycles. The molecule has 0 radical (unpaired) electrons. The van der Waals surface area contributed by atoms with E-state index in [1.165, 1.54) is 37.0 Å². The average molecular weight is 345 g/mol. The van der Waals surface area contributed by atoms with Gasteiger partial charge in [0.1, 0.15) is 12.6 Å². The maximum atomic E-state index is 12.6. The third kappa shape index (κ3) is 4.53. The van der Waals surface area contributed by atoms with Crippen molar-refractivity contribution in [3.63, 3.8) is 0 Å². The zero-order valence-corrected chi connectivity index (χ0v) is 14.6.